The third kappa shape index (κ3) is 3.56. The lowest BCUT2D eigenvalue weighted by atomic mass is 9.87. The van der Waals surface area contributed by atoms with Crippen LogP contribution >= 0.6 is 27.3 Å². The highest BCUT2D eigenvalue weighted by Crippen LogP contribution is 2.37. The van der Waals surface area contributed by atoms with E-state index in [2.05, 4.69) is 40.7 Å². The van der Waals surface area contributed by atoms with Gasteiger partial charge in [0.05, 0.1) is 19.1 Å². The van der Waals surface area contributed by atoms with E-state index in [1.54, 1.807) is 11.3 Å². The van der Waals surface area contributed by atoms with Crippen LogP contribution in [0, 0.1) is 11.8 Å². The summed E-state index contributed by atoms with van der Waals surface area (Å²) < 4.78 is 6.02. The van der Waals surface area contributed by atoms with E-state index >= 15 is 0 Å². The van der Waals surface area contributed by atoms with E-state index < -0.39 is 0 Å². The third-order valence-electron chi connectivity index (χ3n) is 2.97. The Kier molecular flexibility index (Phi) is 5.82. The molecule has 0 saturated carbocycles. The van der Waals surface area contributed by atoms with Crippen LogP contribution in [0.4, 0.5) is 0 Å². The molecule has 1 aromatic heterocycles. The van der Waals surface area contributed by atoms with Gasteiger partial charge in [-0.1, -0.05) is 13.8 Å². The fraction of sp³-hybridized carbons (Fsp3) is 0.615. The number of esters is 1. The number of nitrogens with zero attached hydrogens (tertiary/aromatic N) is 1. The number of ether oxygens (including phenoxy) is 1. The Labute approximate surface area is 121 Å². The van der Waals surface area contributed by atoms with Crippen molar-refractivity contribution in [2.45, 2.75) is 19.9 Å². The second-order valence-electron chi connectivity index (χ2n) is 4.87. The monoisotopic (exact) mass is 333 g/mol. The molecular formula is C13H20BrNO2S. The van der Waals surface area contributed by atoms with Gasteiger partial charge in [0, 0.05) is 14.7 Å². The van der Waals surface area contributed by atoms with Crippen LogP contribution in [0.3, 0.4) is 0 Å². The predicted octanol–water partition coefficient (Wildman–Crippen LogP) is 3.56. The Morgan fingerprint density at radius 1 is 1.44 bits per heavy atom. The molecule has 0 aliphatic carbocycles. The van der Waals surface area contributed by atoms with E-state index in [0.29, 0.717) is 0 Å². The van der Waals surface area contributed by atoms with Crippen molar-refractivity contribution in [3.05, 3.63) is 20.8 Å². The minimum atomic E-state index is -0.157. The quantitative estimate of drug-likeness (QED) is 0.771. The molecule has 18 heavy (non-hydrogen) atoms. The number of hydrogen-bond donors (Lipinski definition) is 0. The predicted molar refractivity (Wildman–Crippen MR) is 78.8 cm³/mol. The van der Waals surface area contributed by atoms with E-state index in [4.69, 9.17) is 4.74 Å². The summed E-state index contributed by atoms with van der Waals surface area (Å²) in [6.45, 7) is 4.11. The van der Waals surface area contributed by atoms with E-state index in [9.17, 15) is 4.79 Å². The summed E-state index contributed by atoms with van der Waals surface area (Å²) in [4.78, 5) is 15.3. The molecule has 0 fully saturated rings. The Morgan fingerprint density at radius 2 is 2.06 bits per heavy atom. The smallest absolute Gasteiger partial charge is 0.310 e. The number of carbonyl (C=O) groups excluding carboxylic acids is 1. The SMILES string of the molecule is COC(=O)C(C(C)C)C(c1cc(Br)cs1)N(C)C. The van der Waals surface area contributed by atoms with Crippen molar-refractivity contribution in [2.24, 2.45) is 11.8 Å². The van der Waals surface area contributed by atoms with Gasteiger partial charge in [-0.05, 0) is 42.0 Å². The van der Waals surface area contributed by atoms with Crippen LogP contribution in [-0.2, 0) is 9.53 Å². The van der Waals surface area contributed by atoms with Gasteiger partial charge in [-0.15, -0.1) is 11.3 Å². The van der Waals surface area contributed by atoms with Crippen LogP contribution in [0.5, 0.6) is 0 Å². The second-order valence-corrected chi connectivity index (χ2v) is 6.73. The average Bonchev–Trinajstić information content (AvgIpc) is 2.70. The lowest BCUT2D eigenvalue weighted by Gasteiger charge is -2.32. The zero-order valence-electron chi connectivity index (χ0n) is 11.4. The molecule has 0 aliphatic heterocycles. The molecule has 1 aromatic rings. The Bertz CT molecular complexity index is 403. The van der Waals surface area contributed by atoms with Gasteiger partial charge >= 0.3 is 5.97 Å². The van der Waals surface area contributed by atoms with Gasteiger partial charge in [0.25, 0.3) is 0 Å². The molecule has 1 heterocycles. The summed E-state index contributed by atoms with van der Waals surface area (Å²) in [5, 5.41) is 2.04. The largest absolute Gasteiger partial charge is 0.469 e. The van der Waals surface area contributed by atoms with Crippen molar-refractivity contribution >= 4 is 33.2 Å². The summed E-state index contributed by atoms with van der Waals surface area (Å²) in [6.07, 6.45) is 0. The Morgan fingerprint density at radius 3 is 2.39 bits per heavy atom. The number of rotatable bonds is 5. The van der Waals surface area contributed by atoms with E-state index in [1.807, 2.05) is 19.5 Å². The van der Waals surface area contributed by atoms with Crippen LogP contribution < -0.4 is 0 Å². The summed E-state index contributed by atoms with van der Waals surface area (Å²) in [6, 6.07) is 2.13. The van der Waals surface area contributed by atoms with Gasteiger partial charge in [0.15, 0.2) is 0 Å². The Balaban J connectivity index is 3.13. The van der Waals surface area contributed by atoms with Crippen LogP contribution in [-0.4, -0.2) is 32.1 Å². The van der Waals surface area contributed by atoms with Gasteiger partial charge in [0.1, 0.15) is 0 Å². The summed E-state index contributed by atoms with van der Waals surface area (Å²) in [7, 11) is 5.45. The summed E-state index contributed by atoms with van der Waals surface area (Å²) in [5.74, 6) is -0.0745. The molecule has 0 radical (unpaired) electrons. The van der Waals surface area contributed by atoms with Gasteiger partial charge in [-0.25, -0.2) is 0 Å². The molecule has 2 atom stereocenters. The number of thiophene rings is 1. The summed E-state index contributed by atoms with van der Waals surface area (Å²) in [5.41, 5.74) is 0. The maximum absolute atomic E-state index is 12.0. The van der Waals surface area contributed by atoms with E-state index in [1.165, 1.54) is 12.0 Å². The first-order chi connectivity index (χ1) is 8.38. The highest BCUT2D eigenvalue weighted by atomic mass is 79.9. The molecule has 0 saturated heterocycles. The van der Waals surface area contributed by atoms with Crippen LogP contribution in [0.1, 0.15) is 24.8 Å². The van der Waals surface area contributed by atoms with Crippen molar-refractivity contribution in [2.75, 3.05) is 21.2 Å². The zero-order chi connectivity index (χ0) is 13.9. The minimum Gasteiger partial charge on any atom is -0.469 e. The van der Waals surface area contributed by atoms with Crippen molar-refractivity contribution in [1.29, 1.82) is 0 Å². The molecule has 102 valence electrons. The fourth-order valence-electron chi connectivity index (χ4n) is 2.14. The zero-order valence-corrected chi connectivity index (χ0v) is 13.8. The highest BCUT2D eigenvalue weighted by molar-refractivity contribution is 9.10. The van der Waals surface area contributed by atoms with Crippen LogP contribution in [0.2, 0.25) is 0 Å². The molecule has 0 aromatic carbocycles. The topological polar surface area (TPSA) is 29.5 Å². The Hall–Kier alpha value is -0.390. The average molecular weight is 334 g/mol. The summed E-state index contributed by atoms with van der Waals surface area (Å²) >= 11 is 5.13. The van der Waals surface area contributed by atoms with Gasteiger partial charge < -0.3 is 9.64 Å². The molecule has 3 nitrogen and oxygen atoms in total. The molecule has 5 heteroatoms. The lowest BCUT2D eigenvalue weighted by Crippen LogP contribution is -2.35. The molecule has 0 bridgehead atoms. The van der Waals surface area contributed by atoms with Crippen molar-refractivity contribution < 1.29 is 9.53 Å². The minimum absolute atomic E-state index is 0.0498. The normalized spacial score (nSPS) is 14.9. The third-order valence-corrected chi connectivity index (χ3v) is 4.73. The first-order valence-corrected chi connectivity index (χ1v) is 7.54. The molecule has 0 aliphatic rings. The molecule has 1 rings (SSSR count). The van der Waals surface area contributed by atoms with E-state index in [-0.39, 0.29) is 23.8 Å². The van der Waals surface area contributed by atoms with Crippen molar-refractivity contribution in [3.8, 4) is 0 Å². The number of halogens is 1. The number of hydrogen-bond acceptors (Lipinski definition) is 4. The van der Waals surface area contributed by atoms with Crippen molar-refractivity contribution in [3.63, 3.8) is 0 Å². The van der Waals surface area contributed by atoms with Gasteiger partial charge in [-0.3, -0.25) is 4.79 Å². The molecule has 0 spiro atoms. The molecule has 0 amide bonds. The number of carbonyl (C=O) groups is 1. The maximum Gasteiger partial charge on any atom is 0.310 e. The second kappa shape index (κ2) is 6.68. The first kappa shape index (κ1) is 15.7. The van der Waals surface area contributed by atoms with E-state index in [0.717, 1.165) is 4.47 Å². The maximum atomic E-state index is 12.0. The van der Waals surface area contributed by atoms with Crippen molar-refractivity contribution in [1.82, 2.24) is 4.90 Å². The first-order valence-electron chi connectivity index (χ1n) is 5.86. The standard InChI is InChI=1S/C13H20BrNO2S/c1-8(2)11(13(16)17-5)12(15(3)4)10-6-9(14)7-18-10/h6-8,11-12H,1-5H3. The fourth-order valence-corrected chi connectivity index (χ4v) is 3.82. The highest BCUT2D eigenvalue weighted by Gasteiger charge is 2.35. The van der Waals surface area contributed by atoms with Crippen LogP contribution in [0.25, 0.3) is 0 Å². The van der Waals surface area contributed by atoms with Gasteiger partial charge in [-0.2, -0.15) is 0 Å². The molecular weight excluding hydrogens is 314 g/mol. The lowest BCUT2D eigenvalue weighted by molar-refractivity contribution is -0.149. The van der Waals surface area contributed by atoms with Gasteiger partial charge in [0.2, 0.25) is 0 Å². The molecule has 2 unspecified atom stereocenters. The van der Waals surface area contributed by atoms with Crippen LogP contribution in [0.15, 0.2) is 15.9 Å². The molecule has 0 N–H and O–H groups in total. The number of methoxy groups -OCH3 is 1.